The van der Waals surface area contributed by atoms with Gasteiger partial charge in [0.1, 0.15) is 6.10 Å². The van der Waals surface area contributed by atoms with E-state index >= 15 is 0 Å². The summed E-state index contributed by atoms with van der Waals surface area (Å²) in [5.74, 6) is -0.275. The molecule has 1 aromatic heterocycles. The maximum atomic E-state index is 12.7. The molecule has 182 valence electrons. The van der Waals surface area contributed by atoms with Crippen LogP contribution in [0.3, 0.4) is 0 Å². The molecular weight excluding hydrogens is 420 g/mol. The number of nitriles is 1. The minimum absolute atomic E-state index is 0.0916. The number of benzene rings is 1. The molecule has 1 aromatic carbocycles. The van der Waals surface area contributed by atoms with E-state index in [2.05, 4.69) is 31.0 Å². The zero-order chi connectivity index (χ0) is 24.2. The van der Waals surface area contributed by atoms with Gasteiger partial charge < -0.3 is 4.74 Å². The van der Waals surface area contributed by atoms with Crippen molar-refractivity contribution in [1.82, 2.24) is 4.98 Å². The number of hydrogen-bond acceptors (Lipinski definition) is 4. The molecule has 2 aromatic rings. The molecule has 0 N–H and O–H groups in total. The molecule has 0 radical (unpaired) electrons. The van der Waals surface area contributed by atoms with Crippen LogP contribution in [-0.2, 0) is 11.2 Å². The van der Waals surface area contributed by atoms with Gasteiger partial charge in [0.25, 0.3) is 0 Å². The number of carbonyl (C=O) groups is 1. The second-order valence-corrected chi connectivity index (χ2v) is 9.89. The Morgan fingerprint density at radius 2 is 1.71 bits per heavy atom. The average Bonchev–Trinajstić information content (AvgIpc) is 2.89. The van der Waals surface area contributed by atoms with E-state index in [1.165, 1.54) is 44.1 Å². The molecule has 0 unspecified atom stereocenters. The van der Waals surface area contributed by atoms with E-state index in [1.807, 2.05) is 36.5 Å². The average molecular weight is 461 g/mol. The molecule has 1 aliphatic carbocycles. The van der Waals surface area contributed by atoms with Gasteiger partial charge in [0.15, 0.2) is 0 Å². The number of esters is 1. The summed E-state index contributed by atoms with van der Waals surface area (Å²) in [5.41, 5.74) is 3.51. The van der Waals surface area contributed by atoms with Crippen LogP contribution in [0.2, 0.25) is 0 Å². The Bertz CT molecular complexity index is 920. The van der Waals surface area contributed by atoms with Crippen molar-refractivity contribution in [1.29, 1.82) is 5.26 Å². The lowest BCUT2D eigenvalue weighted by Crippen LogP contribution is -2.31. The van der Waals surface area contributed by atoms with Crippen LogP contribution in [0, 0.1) is 16.7 Å². The summed E-state index contributed by atoms with van der Waals surface area (Å²) in [6.45, 7) is 4.41. The van der Waals surface area contributed by atoms with Crippen LogP contribution in [0.25, 0.3) is 11.3 Å². The molecule has 0 amide bonds. The summed E-state index contributed by atoms with van der Waals surface area (Å²) in [6.07, 6.45) is 15.6. The molecule has 1 aliphatic rings. The van der Waals surface area contributed by atoms with Gasteiger partial charge in [0, 0.05) is 11.8 Å². The number of aryl methyl sites for hydroxylation is 1. The van der Waals surface area contributed by atoms with E-state index in [0.717, 1.165) is 56.2 Å². The molecule has 34 heavy (non-hydrogen) atoms. The molecule has 4 heteroatoms. The highest BCUT2D eigenvalue weighted by molar-refractivity contribution is 5.90. The van der Waals surface area contributed by atoms with Crippen LogP contribution < -0.4 is 0 Å². The minimum atomic E-state index is -0.275. The van der Waals surface area contributed by atoms with Crippen molar-refractivity contribution in [3.8, 4) is 17.3 Å². The normalized spacial score (nSPS) is 20.0. The predicted octanol–water partition coefficient (Wildman–Crippen LogP) is 8.06. The first kappa shape index (κ1) is 25.9. The van der Waals surface area contributed by atoms with E-state index in [1.54, 1.807) is 0 Å². The Balaban J connectivity index is 1.48. The lowest BCUT2D eigenvalue weighted by molar-refractivity contribution is 0.0105. The standard InChI is InChI=1S/C30H40N2O2/c1-3-5-7-8-9-19-30(23-31)20-17-27(18-21-30)34-29(33)26-14-12-25(13-15-26)28-16-11-24(22-32-28)10-6-4-2/h11-16,22,27H,3-10,17-21H2,1-2H3. The SMILES string of the molecule is CCCCCCCC1(C#N)CCC(OC(=O)c2ccc(-c3ccc(CCCC)cn3)cc2)CC1. The smallest absolute Gasteiger partial charge is 0.338 e. The lowest BCUT2D eigenvalue weighted by atomic mass is 9.71. The summed E-state index contributed by atoms with van der Waals surface area (Å²) in [4.78, 5) is 17.3. The van der Waals surface area contributed by atoms with Gasteiger partial charge in [-0.2, -0.15) is 5.26 Å². The third-order valence-electron chi connectivity index (χ3n) is 7.22. The lowest BCUT2D eigenvalue weighted by Gasteiger charge is -2.34. The Morgan fingerprint density at radius 3 is 2.32 bits per heavy atom. The topological polar surface area (TPSA) is 63.0 Å². The van der Waals surface area contributed by atoms with Gasteiger partial charge in [0.05, 0.1) is 22.7 Å². The number of rotatable bonds is 12. The zero-order valence-corrected chi connectivity index (χ0v) is 21.0. The molecule has 3 rings (SSSR count). The highest BCUT2D eigenvalue weighted by Gasteiger charge is 2.36. The largest absolute Gasteiger partial charge is 0.459 e. The van der Waals surface area contributed by atoms with Gasteiger partial charge in [0.2, 0.25) is 0 Å². The van der Waals surface area contributed by atoms with Crippen LogP contribution in [0.5, 0.6) is 0 Å². The van der Waals surface area contributed by atoms with Gasteiger partial charge in [-0.25, -0.2) is 4.79 Å². The summed E-state index contributed by atoms with van der Waals surface area (Å²) < 4.78 is 5.81. The fourth-order valence-electron chi connectivity index (χ4n) is 4.87. The Kier molecular flexibility index (Phi) is 10.1. The first-order chi connectivity index (χ1) is 16.6. The zero-order valence-electron chi connectivity index (χ0n) is 21.0. The molecule has 1 saturated carbocycles. The molecule has 0 saturated heterocycles. The van der Waals surface area contributed by atoms with Crippen LogP contribution in [0.4, 0.5) is 0 Å². The van der Waals surface area contributed by atoms with Crippen molar-refractivity contribution in [2.75, 3.05) is 0 Å². The molecule has 0 aliphatic heterocycles. The molecule has 0 spiro atoms. The van der Waals surface area contributed by atoms with Crippen LogP contribution in [0.1, 0.15) is 107 Å². The fraction of sp³-hybridized carbons (Fsp3) is 0.567. The van der Waals surface area contributed by atoms with E-state index in [-0.39, 0.29) is 17.5 Å². The monoisotopic (exact) mass is 460 g/mol. The van der Waals surface area contributed by atoms with E-state index in [4.69, 9.17) is 4.74 Å². The molecular formula is C30H40N2O2. The number of nitrogens with zero attached hydrogens (tertiary/aromatic N) is 2. The highest BCUT2D eigenvalue weighted by Crippen LogP contribution is 2.41. The van der Waals surface area contributed by atoms with Crippen molar-refractivity contribution in [2.24, 2.45) is 5.41 Å². The molecule has 1 heterocycles. The van der Waals surface area contributed by atoms with Crippen molar-refractivity contribution < 1.29 is 9.53 Å². The van der Waals surface area contributed by atoms with Crippen LogP contribution in [-0.4, -0.2) is 17.1 Å². The van der Waals surface area contributed by atoms with Crippen molar-refractivity contribution in [3.05, 3.63) is 53.7 Å². The fourth-order valence-corrected chi connectivity index (χ4v) is 4.87. The quantitative estimate of drug-likeness (QED) is 0.237. The minimum Gasteiger partial charge on any atom is -0.459 e. The van der Waals surface area contributed by atoms with Crippen molar-refractivity contribution in [2.45, 2.75) is 103 Å². The number of unbranched alkanes of at least 4 members (excludes halogenated alkanes) is 5. The number of pyridine rings is 1. The second kappa shape index (κ2) is 13.3. The Morgan fingerprint density at radius 1 is 1.00 bits per heavy atom. The number of aromatic nitrogens is 1. The predicted molar refractivity (Wildman–Crippen MR) is 137 cm³/mol. The van der Waals surface area contributed by atoms with Crippen LogP contribution >= 0.6 is 0 Å². The van der Waals surface area contributed by atoms with Crippen molar-refractivity contribution in [3.63, 3.8) is 0 Å². The maximum absolute atomic E-state index is 12.7. The Labute approximate surface area is 205 Å². The molecule has 1 fully saturated rings. The number of ether oxygens (including phenoxy) is 1. The molecule has 4 nitrogen and oxygen atoms in total. The highest BCUT2D eigenvalue weighted by atomic mass is 16.5. The van der Waals surface area contributed by atoms with Gasteiger partial charge in [-0.15, -0.1) is 0 Å². The van der Waals surface area contributed by atoms with Crippen molar-refractivity contribution >= 4 is 5.97 Å². The third-order valence-corrected chi connectivity index (χ3v) is 7.22. The summed E-state index contributed by atoms with van der Waals surface area (Å²) in [5, 5.41) is 9.80. The Hall–Kier alpha value is -2.67. The number of hydrogen-bond donors (Lipinski definition) is 0. The van der Waals surface area contributed by atoms with Gasteiger partial charge in [-0.3, -0.25) is 4.98 Å². The summed E-state index contributed by atoms with van der Waals surface area (Å²) in [7, 11) is 0. The van der Waals surface area contributed by atoms with E-state index < -0.39 is 0 Å². The maximum Gasteiger partial charge on any atom is 0.338 e. The summed E-state index contributed by atoms with van der Waals surface area (Å²) in [6, 6.07) is 14.3. The number of carbonyl (C=O) groups excluding carboxylic acids is 1. The third kappa shape index (κ3) is 7.42. The molecule has 0 atom stereocenters. The van der Waals surface area contributed by atoms with Gasteiger partial charge in [-0.05, 0) is 68.7 Å². The first-order valence-electron chi connectivity index (χ1n) is 13.3. The van der Waals surface area contributed by atoms with Crippen LogP contribution in [0.15, 0.2) is 42.6 Å². The second-order valence-electron chi connectivity index (χ2n) is 9.89. The molecule has 0 bridgehead atoms. The van der Waals surface area contributed by atoms with E-state index in [9.17, 15) is 10.1 Å². The summed E-state index contributed by atoms with van der Waals surface area (Å²) >= 11 is 0. The van der Waals surface area contributed by atoms with Gasteiger partial charge >= 0.3 is 5.97 Å². The first-order valence-corrected chi connectivity index (χ1v) is 13.3. The van der Waals surface area contributed by atoms with Gasteiger partial charge in [-0.1, -0.05) is 70.6 Å². The van der Waals surface area contributed by atoms with E-state index in [0.29, 0.717) is 5.56 Å².